The van der Waals surface area contributed by atoms with Gasteiger partial charge in [0.15, 0.2) is 5.78 Å². The first kappa shape index (κ1) is 13.1. The lowest BCUT2D eigenvalue weighted by molar-refractivity contribution is -0.142. The Balaban J connectivity index is 3.91. The molecule has 4 heteroatoms. The highest BCUT2D eigenvalue weighted by Gasteiger charge is 2.18. The van der Waals surface area contributed by atoms with Gasteiger partial charge in [0.25, 0.3) is 0 Å². The third-order valence-electron chi connectivity index (χ3n) is 2.50. The molecule has 0 saturated carbocycles. The summed E-state index contributed by atoms with van der Waals surface area (Å²) < 4.78 is 0. The van der Waals surface area contributed by atoms with Crippen molar-refractivity contribution in [1.82, 2.24) is 0 Å². The highest BCUT2D eigenvalue weighted by Crippen LogP contribution is 2.16. The number of rotatable bonds is 7. The van der Waals surface area contributed by atoms with E-state index in [0.717, 1.165) is 0 Å². The van der Waals surface area contributed by atoms with Gasteiger partial charge in [0.2, 0.25) is 0 Å². The van der Waals surface area contributed by atoms with Gasteiger partial charge in [0.1, 0.15) is 6.61 Å². The predicted molar refractivity (Wildman–Crippen MR) is 51.9 cm³/mol. The van der Waals surface area contributed by atoms with Crippen LogP contribution in [-0.2, 0) is 9.59 Å². The van der Waals surface area contributed by atoms with Gasteiger partial charge in [-0.25, -0.2) is 0 Å². The molecule has 0 fully saturated rings. The number of aliphatic carboxylic acids is 1. The van der Waals surface area contributed by atoms with E-state index in [4.69, 9.17) is 10.2 Å². The molecule has 0 bridgehead atoms. The number of carbonyl (C=O) groups is 2. The zero-order chi connectivity index (χ0) is 11.1. The van der Waals surface area contributed by atoms with E-state index in [1.807, 2.05) is 6.92 Å². The zero-order valence-electron chi connectivity index (χ0n) is 8.69. The summed E-state index contributed by atoms with van der Waals surface area (Å²) in [6.07, 6.45) is 1.61. The minimum Gasteiger partial charge on any atom is -0.481 e. The minimum absolute atomic E-state index is 0.217. The molecule has 0 aliphatic rings. The van der Waals surface area contributed by atoms with E-state index in [0.29, 0.717) is 19.3 Å². The molecule has 0 aromatic carbocycles. The van der Waals surface area contributed by atoms with Crippen molar-refractivity contribution in [1.29, 1.82) is 0 Å². The van der Waals surface area contributed by atoms with Crippen LogP contribution >= 0.6 is 0 Å². The van der Waals surface area contributed by atoms with Crippen molar-refractivity contribution >= 4 is 11.8 Å². The summed E-state index contributed by atoms with van der Waals surface area (Å²) in [5, 5.41) is 17.3. The van der Waals surface area contributed by atoms with E-state index < -0.39 is 12.6 Å². The lowest BCUT2D eigenvalue weighted by atomic mass is 9.93. The van der Waals surface area contributed by atoms with Crippen LogP contribution in [0.4, 0.5) is 0 Å². The van der Waals surface area contributed by atoms with Crippen LogP contribution in [0.5, 0.6) is 0 Å². The molecule has 2 N–H and O–H groups in total. The van der Waals surface area contributed by atoms with E-state index >= 15 is 0 Å². The number of carboxylic acids is 1. The fourth-order valence-corrected chi connectivity index (χ4v) is 1.27. The van der Waals surface area contributed by atoms with Crippen LogP contribution in [-0.4, -0.2) is 28.6 Å². The second kappa shape index (κ2) is 6.54. The van der Waals surface area contributed by atoms with Crippen molar-refractivity contribution in [3.63, 3.8) is 0 Å². The molecule has 2 atom stereocenters. The maximum Gasteiger partial charge on any atom is 0.306 e. The van der Waals surface area contributed by atoms with Crippen molar-refractivity contribution in [3.05, 3.63) is 0 Å². The average molecular weight is 202 g/mol. The summed E-state index contributed by atoms with van der Waals surface area (Å²) in [5.74, 6) is -1.64. The molecule has 0 aromatic heterocycles. The Morgan fingerprint density at radius 2 is 1.86 bits per heavy atom. The molecule has 0 spiro atoms. The first-order valence-corrected chi connectivity index (χ1v) is 4.89. The molecule has 0 heterocycles. The molecule has 4 nitrogen and oxygen atoms in total. The molecule has 0 aromatic rings. The third-order valence-corrected chi connectivity index (χ3v) is 2.50. The molecular weight excluding hydrogens is 184 g/mol. The second-order valence-electron chi connectivity index (χ2n) is 3.55. The Morgan fingerprint density at radius 3 is 2.21 bits per heavy atom. The van der Waals surface area contributed by atoms with Gasteiger partial charge in [-0.1, -0.05) is 13.8 Å². The summed E-state index contributed by atoms with van der Waals surface area (Å²) in [6, 6.07) is 0. The highest BCUT2D eigenvalue weighted by molar-refractivity contribution is 5.81. The lowest BCUT2D eigenvalue weighted by Gasteiger charge is -2.12. The first-order valence-electron chi connectivity index (χ1n) is 4.89. The Labute approximate surface area is 83.9 Å². The van der Waals surface area contributed by atoms with E-state index in [-0.39, 0.29) is 17.6 Å². The van der Waals surface area contributed by atoms with Crippen molar-refractivity contribution < 1.29 is 19.8 Å². The number of aliphatic hydroxyl groups excluding tert-OH is 1. The van der Waals surface area contributed by atoms with E-state index in [9.17, 15) is 9.59 Å². The third kappa shape index (κ3) is 4.37. The van der Waals surface area contributed by atoms with Crippen LogP contribution in [0.2, 0.25) is 0 Å². The van der Waals surface area contributed by atoms with Crippen LogP contribution in [0.25, 0.3) is 0 Å². The van der Waals surface area contributed by atoms with E-state index in [1.165, 1.54) is 0 Å². The monoisotopic (exact) mass is 202 g/mol. The van der Waals surface area contributed by atoms with Crippen LogP contribution in [0, 0.1) is 11.8 Å². The van der Waals surface area contributed by atoms with Gasteiger partial charge in [-0.3, -0.25) is 9.59 Å². The molecule has 0 amide bonds. The molecule has 14 heavy (non-hydrogen) atoms. The maximum absolute atomic E-state index is 11.0. The Bertz CT molecular complexity index is 200. The molecule has 2 unspecified atom stereocenters. The number of Topliss-reactive ketones (excluding diaryl/α,β-unsaturated/α-hetero) is 1. The maximum atomic E-state index is 11.0. The van der Waals surface area contributed by atoms with Crippen molar-refractivity contribution in [2.75, 3.05) is 6.61 Å². The Morgan fingerprint density at radius 1 is 1.29 bits per heavy atom. The number of carboxylic acid groups (broad SMARTS) is 1. The summed E-state index contributed by atoms with van der Waals surface area (Å²) in [4.78, 5) is 21.6. The van der Waals surface area contributed by atoms with Gasteiger partial charge in [0, 0.05) is 5.92 Å². The van der Waals surface area contributed by atoms with Gasteiger partial charge in [0.05, 0.1) is 5.92 Å². The molecule has 0 saturated heterocycles. The summed E-state index contributed by atoms with van der Waals surface area (Å²) in [6.45, 7) is 3.08. The van der Waals surface area contributed by atoms with Crippen molar-refractivity contribution in [2.45, 2.75) is 33.1 Å². The Hall–Kier alpha value is -0.900. The minimum atomic E-state index is -0.809. The number of aliphatic hydroxyl groups is 1. The smallest absolute Gasteiger partial charge is 0.306 e. The van der Waals surface area contributed by atoms with Crippen LogP contribution in [0.15, 0.2) is 0 Å². The normalized spacial score (nSPS) is 14.8. The number of ketones is 1. The first-order chi connectivity index (χ1) is 6.52. The highest BCUT2D eigenvalue weighted by atomic mass is 16.4. The van der Waals surface area contributed by atoms with Crippen molar-refractivity contribution in [3.8, 4) is 0 Å². The molecule has 0 aliphatic heterocycles. The number of hydrogen-bond acceptors (Lipinski definition) is 3. The molecule has 82 valence electrons. The summed E-state index contributed by atoms with van der Waals surface area (Å²) >= 11 is 0. The standard InChI is InChI=1S/C10H18O4/c1-3-8(10(13)14)5-4-7(2)9(12)6-11/h7-8,11H,3-6H2,1-2H3,(H,13,14). The number of hydrogen-bond donors (Lipinski definition) is 2. The average Bonchev–Trinajstić information content (AvgIpc) is 2.16. The Kier molecular flexibility index (Phi) is 6.12. The largest absolute Gasteiger partial charge is 0.481 e. The van der Waals surface area contributed by atoms with Gasteiger partial charge >= 0.3 is 5.97 Å². The fourth-order valence-electron chi connectivity index (χ4n) is 1.27. The van der Waals surface area contributed by atoms with Gasteiger partial charge in [-0.2, -0.15) is 0 Å². The van der Waals surface area contributed by atoms with E-state index in [2.05, 4.69) is 0 Å². The molecule has 0 radical (unpaired) electrons. The van der Waals surface area contributed by atoms with Crippen LogP contribution in [0.3, 0.4) is 0 Å². The van der Waals surface area contributed by atoms with Gasteiger partial charge in [-0.05, 0) is 19.3 Å². The number of carbonyl (C=O) groups excluding carboxylic acids is 1. The SMILES string of the molecule is CCC(CCC(C)C(=O)CO)C(=O)O. The summed E-state index contributed by atoms with van der Waals surface area (Å²) in [5.41, 5.74) is 0. The van der Waals surface area contributed by atoms with Crippen LogP contribution in [0.1, 0.15) is 33.1 Å². The van der Waals surface area contributed by atoms with Crippen LogP contribution < -0.4 is 0 Å². The van der Waals surface area contributed by atoms with Gasteiger partial charge < -0.3 is 10.2 Å². The van der Waals surface area contributed by atoms with Crippen molar-refractivity contribution in [2.24, 2.45) is 11.8 Å². The quantitative estimate of drug-likeness (QED) is 0.647. The topological polar surface area (TPSA) is 74.6 Å². The lowest BCUT2D eigenvalue weighted by Crippen LogP contribution is -2.18. The summed E-state index contributed by atoms with van der Waals surface area (Å²) in [7, 11) is 0. The molecule has 0 aliphatic carbocycles. The predicted octanol–water partition coefficient (Wildman–Crippen LogP) is 1.07. The molecule has 0 rings (SSSR count). The molecular formula is C10H18O4. The van der Waals surface area contributed by atoms with E-state index in [1.54, 1.807) is 6.92 Å². The second-order valence-corrected chi connectivity index (χ2v) is 3.55. The fraction of sp³-hybridized carbons (Fsp3) is 0.800. The van der Waals surface area contributed by atoms with Gasteiger partial charge in [-0.15, -0.1) is 0 Å². The zero-order valence-corrected chi connectivity index (χ0v) is 8.69.